The van der Waals surface area contributed by atoms with E-state index in [1.807, 2.05) is 0 Å². The maximum absolute atomic E-state index is 12.8. The molecule has 1 aliphatic rings. The maximum atomic E-state index is 12.8. The van der Waals surface area contributed by atoms with Gasteiger partial charge in [0, 0.05) is 13.1 Å². The lowest BCUT2D eigenvalue weighted by atomic mass is 10.1. The molecule has 0 radical (unpaired) electrons. The molecule has 1 saturated heterocycles. The minimum atomic E-state index is -4.58. The fraction of sp³-hybridized carbons (Fsp3) is 0.429. The van der Waals surface area contributed by atoms with Crippen molar-refractivity contribution in [3.05, 3.63) is 34.3 Å². The summed E-state index contributed by atoms with van der Waals surface area (Å²) >= 11 is 5.74. The number of carbonyl (C=O) groups is 2. The second-order valence-electron chi connectivity index (χ2n) is 5.12. The van der Waals surface area contributed by atoms with Crippen LogP contribution in [0, 0.1) is 0 Å². The first-order valence-corrected chi connectivity index (χ1v) is 7.21. The van der Waals surface area contributed by atoms with Crippen LogP contribution in [0.25, 0.3) is 0 Å². The van der Waals surface area contributed by atoms with E-state index in [0.29, 0.717) is 19.4 Å². The predicted octanol–water partition coefficient (Wildman–Crippen LogP) is 3.12. The molecule has 1 aromatic carbocycles. The van der Waals surface area contributed by atoms with Crippen LogP contribution < -0.4 is 5.32 Å². The second kappa shape index (κ2) is 6.66. The molecule has 1 aliphatic heterocycles. The number of hydrogen-bond acceptors (Lipinski definition) is 2. The van der Waals surface area contributed by atoms with E-state index in [9.17, 15) is 22.8 Å². The largest absolute Gasteiger partial charge is 0.480 e. The zero-order valence-corrected chi connectivity index (χ0v) is 12.6. The summed E-state index contributed by atoms with van der Waals surface area (Å²) in [6.07, 6.45) is -3.66. The molecule has 0 aliphatic carbocycles. The number of urea groups is 1. The number of nitrogens with one attached hydrogen (secondary N) is 1. The predicted molar refractivity (Wildman–Crippen MR) is 76.1 cm³/mol. The fourth-order valence-electron chi connectivity index (χ4n) is 2.47. The van der Waals surface area contributed by atoms with Crippen molar-refractivity contribution in [2.24, 2.45) is 0 Å². The van der Waals surface area contributed by atoms with Crippen LogP contribution in [0.15, 0.2) is 18.2 Å². The van der Waals surface area contributed by atoms with Gasteiger partial charge < -0.3 is 15.3 Å². The van der Waals surface area contributed by atoms with Gasteiger partial charge in [-0.1, -0.05) is 23.7 Å². The van der Waals surface area contributed by atoms with Gasteiger partial charge in [0.1, 0.15) is 6.04 Å². The highest BCUT2D eigenvalue weighted by atomic mass is 35.5. The minimum Gasteiger partial charge on any atom is -0.480 e. The molecule has 9 heteroatoms. The van der Waals surface area contributed by atoms with Crippen LogP contribution >= 0.6 is 11.6 Å². The lowest BCUT2D eigenvalue weighted by Gasteiger charge is -2.22. The van der Waals surface area contributed by atoms with E-state index in [2.05, 4.69) is 5.32 Å². The monoisotopic (exact) mass is 350 g/mol. The summed E-state index contributed by atoms with van der Waals surface area (Å²) < 4.78 is 38.3. The third kappa shape index (κ3) is 3.87. The van der Waals surface area contributed by atoms with Gasteiger partial charge in [-0.15, -0.1) is 0 Å². The Kier molecular flexibility index (Phi) is 5.03. The van der Waals surface area contributed by atoms with Crippen molar-refractivity contribution in [3.8, 4) is 0 Å². The van der Waals surface area contributed by atoms with Gasteiger partial charge in [0.05, 0.1) is 10.6 Å². The average molecular weight is 351 g/mol. The minimum absolute atomic E-state index is 0.112. The Morgan fingerprint density at radius 3 is 2.70 bits per heavy atom. The summed E-state index contributed by atoms with van der Waals surface area (Å²) in [4.78, 5) is 24.2. The number of hydrogen-bond donors (Lipinski definition) is 2. The van der Waals surface area contributed by atoms with Crippen LogP contribution in [-0.4, -0.2) is 34.6 Å². The Hall–Kier alpha value is -1.96. The number of carboxylic acid groups (broad SMARTS) is 1. The lowest BCUT2D eigenvalue weighted by molar-refractivity contribution is -0.141. The van der Waals surface area contributed by atoms with E-state index in [1.54, 1.807) is 0 Å². The molecule has 126 valence electrons. The number of alkyl halides is 3. The second-order valence-corrected chi connectivity index (χ2v) is 5.50. The van der Waals surface area contributed by atoms with Crippen molar-refractivity contribution in [2.45, 2.75) is 31.6 Å². The van der Waals surface area contributed by atoms with Gasteiger partial charge in [0.2, 0.25) is 0 Å². The van der Waals surface area contributed by atoms with Crippen LogP contribution in [0.2, 0.25) is 5.02 Å². The van der Waals surface area contributed by atoms with Crippen LogP contribution in [0.1, 0.15) is 24.0 Å². The number of benzene rings is 1. The highest BCUT2D eigenvalue weighted by Gasteiger charge is 2.35. The molecule has 1 heterocycles. The van der Waals surface area contributed by atoms with Crippen molar-refractivity contribution in [2.75, 3.05) is 6.54 Å². The highest BCUT2D eigenvalue weighted by Crippen LogP contribution is 2.36. The van der Waals surface area contributed by atoms with Crippen molar-refractivity contribution in [3.63, 3.8) is 0 Å². The Balaban J connectivity index is 2.07. The molecule has 0 aromatic heterocycles. The van der Waals surface area contributed by atoms with E-state index in [4.69, 9.17) is 16.7 Å². The summed E-state index contributed by atoms with van der Waals surface area (Å²) in [6, 6.07) is 1.88. The molecule has 1 atom stereocenters. The maximum Gasteiger partial charge on any atom is 0.417 e. The van der Waals surface area contributed by atoms with E-state index < -0.39 is 34.8 Å². The summed E-state index contributed by atoms with van der Waals surface area (Å²) in [5, 5.41) is 11.0. The number of likely N-dealkylation sites (tertiary alicyclic amines) is 1. The van der Waals surface area contributed by atoms with E-state index in [0.717, 1.165) is 11.0 Å². The third-order valence-corrected chi connectivity index (χ3v) is 4.06. The van der Waals surface area contributed by atoms with Crippen LogP contribution in [-0.2, 0) is 17.5 Å². The quantitative estimate of drug-likeness (QED) is 0.880. The van der Waals surface area contributed by atoms with Crippen LogP contribution in [0.3, 0.4) is 0 Å². The van der Waals surface area contributed by atoms with Crippen LogP contribution in [0.5, 0.6) is 0 Å². The number of rotatable bonds is 3. The Morgan fingerprint density at radius 2 is 2.09 bits per heavy atom. The number of carbonyl (C=O) groups excluding carboxylic acids is 1. The molecule has 0 bridgehead atoms. The molecule has 0 unspecified atom stereocenters. The normalized spacial score (nSPS) is 18.1. The van der Waals surface area contributed by atoms with Gasteiger partial charge in [0.25, 0.3) is 0 Å². The molecule has 2 N–H and O–H groups in total. The zero-order valence-electron chi connectivity index (χ0n) is 11.9. The van der Waals surface area contributed by atoms with Gasteiger partial charge >= 0.3 is 18.2 Å². The first-order chi connectivity index (χ1) is 10.7. The molecule has 2 amide bonds. The van der Waals surface area contributed by atoms with E-state index >= 15 is 0 Å². The Labute approximate surface area is 135 Å². The lowest BCUT2D eigenvalue weighted by Crippen LogP contribution is -2.45. The Morgan fingerprint density at radius 1 is 1.39 bits per heavy atom. The standard InChI is InChI=1S/C14H14ClF3N2O3/c15-11-8(3-1-4-9(11)14(16,17)18)7-19-13(23)20-6-2-5-10(20)12(21)22/h1,3-4,10H,2,5-7H2,(H,19,23)(H,21,22)/t10-/m1/s1. The smallest absolute Gasteiger partial charge is 0.417 e. The molecule has 23 heavy (non-hydrogen) atoms. The Bertz CT molecular complexity index is 622. The van der Waals surface area contributed by atoms with Gasteiger partial charge in [-0.2, -0.15) is 13.2 Å². The molecule has 1 fully saturated rings. The molecule has 1 aromatic rings. The van der Waals surface area contributed by atoms with E-state index in [1.165, 1.54) is 12.1 Å². The van der Waals surface area contributed by atoms with Crippen LogP contribution in [0.4, 0.5) is 18.0 Å². The highest BCUT2D eigenvalue weighted by molar-refractivity contribution is 6.32. The van der Waals surface area contributed by atoms with Gasteiger partial charge in [-0.05, 0) is 24.5 Å². The summed E-state index contributed by atoms with van der Waals surface area (Å²) in [5.41, 5.74) is -0.864. The number of amides is 2. The summed E-state index contributed by atoms with van der Waals surface area (Å²) in [7, 11) is 0. The topological polar surface area (TPSA) is 69.6 Å². The van der Waals surface area contributed by atoms with E-state index in [-0.39, 0.29) is 12.1 Å². The van der Waals surface area contributed by atoms with Crippen molar-refractivity contribution in [1.82, 2.24) is 10.2 Å². The van der Waals surface area contributed by atoms with Crippen molar-refractivity contribution >= 4 is 23.6 Å². The van der Waals surface area contributed by atoms with Gasteiger partial charge in [0.15, 0.2) is 0 Å². The third-order valence-electron chi connectivity index (χ3n) is 3.61. The summed E-state index contributed by atoms with van der Waals surface area (Å²) in [5.74, 6) is -1.10. The number of carboxylic acids is 1. The molecule has 0 spiro atoms. The first-order valence-electron chi connectivity index (χ1n) is 6.83. The van der Waals surface area contributed by atoms with Crippen molar-refractivity contribution in [1.29, 1.82) is 0 Å². The van der Waals surface area contributed by atoms with Gasteiger partial charge in [-0.25, -0.2) is 9.59 Å². The van der Waals surface area contributed by atoms with Gasteiger partial charge in [-0.3, -0.25) is 0 Å². The molecule has 5 nitrogen and oxygen atoms in total. The number of nitrogens with zero attached hydrogens (tertiary/aromatic N) is 1. The zero-order chi connectivity index (χ0) is 17.2. The fourth-order valence-corrected chi connectivity index (χ4v) is 2.77. The molecular formula is C14H14ClF3N2O3. The molecule has 0 saturated carbocycles. The molecule has 2 rings (SSSR count). The molecular weight excluding hydrogens is 337 g/mol. The SMILES string of the molecule is O=C(O)[C@H]1CCCN1C(=O)NCc1cccc(C(F)(F)F)c1Cl. The summed E-state index contributed by atoms with van der Waals surface area (Å²) in [6.45, 7) is 0.0730. The average Bonchev–Trinajstić information content (AvgIpc) is 2.94. The van der Waals surface area contributed by atoms with Crippen molar-refractivity contribution < 1.29 is 27.9 Å². The number of halogens is 4. The first kappa shape index (κ1) is 17.4. The number of aliphatic carboxylic acids is 1.